The highest BCUT2D eigenvalue weighted by Gasteiger charge is 2.16. The van der Waals surface area contributed by atoms with Crippen LogP contribution in [0.5, 0.6) is 0 Å². The summed E-state index contributed by atoms with van der Waals surface area (Å²) in [7, 11) is -2.07. The smallest absolute Gasteiger partial charge is 0.282 e. The monoisotopic (exact) mass is 293 g/mol. The number of hydrazine groups is 1. The van der Waals surface area contributed by atoms with Crippen LogP contribution < -0.4 is 10.3 Å². The molecule has 2 N–H and O–H groups in total. The van der Waals surface area contributed by atoms with Crippen LogP contribution in [0.15, 0.2) is 47.5 Å². The van der Waals surface area contributed by atoms with Crippen LogP contribution in [-0.2, 0) is 17.1 Å². The van der Waals surface area contributed by atoms with Crippen molar-refractivity contribution < 1.29 is 13.2 Å². The van der Waals surface area contributed by atoms with Gasteiger partial charge in [-0.2, -0.15) is 0 Å². The standard InChI is InChI=1S/C13H15N3O3S/c1-10-5-7-11(8-6-10)20(18,19)15-14-13(17)12-4-3-9-16(12)2/h3-9,15H,1-2H3,(H,14,17). The van der Waals surface area contributed by atoms with Gasteiger partial charge in [0.25, 0.3) is 15.9 Å². The van der Waals surface area contributed by atoms with Crippen molar-refractivity contribution in [3.8, 4) is 0 Å². The molecule has 106 valence electrons. The highest BCUT2D eigenvalue weighted by atomic mass is 32.2. The molecule has 1 heterocycles. The van der Waals surface area contributed by atoms with Crippen LogP contribution in [0.4, 0.5) is 0 Å². The lowest BCUT2D eigenvalue weighted by Crippen LogP contribution is -2.42. The summed E-state index contributed by atoms with van der Waals surface area (Å²) in [5, 5.41) is 0. The first kappa shape index (κ1) is 14.3. The first-order valence-corrected chi connectivity index (χ1v) is 7.38. The van der Waals surface area contributed by atoms with Gasteiger partial charge in [0.05, 0.1) is 4.90 Å². The van der Waals surface area contributed by atoms with Crippen LogP contribution >= 0.6 is 0 Å². The largest absolute Gasteiger partial charge is 0.347 e. The fraction of sp³-hybridized carbons (Fsp3) is 0.154. The van der Waals surface area contributed by atoms with Crippen LogP contribution in [0.2, 0.25) is 0 Å². The number of carbonyl (C=O) groups is 1. The number of nitrogens with one attached hydrogen (secondary N) is 2. The zero-order chi connectivity index (χ0) is 14.8. The van der Waals surface area contributed by atoms with Gasteiger partial charge in [-0.1, -0.05) is 17.7 Å². The van der Waals surface area contributed by atoms with Gasteiger partial charge in [-0.05, 0) is 31.2 Å². The Labute approximate surface area is 117 Å². The van der Waals surface area contributed by atoms with Crippen molar-refractivity contribution in [3.05, 3.63) is 53.9 Å². The van der Waals surface area contributed by atoms with E-state index in [0.29, 0.717) is 5.69 Å². The summed E-state index contributed by atoms with van der Waals surface area (Å²) in [5.41, 5.74) is 3.49. The van der Waals surface area contributed by atoms with Crippen LogP contribution in [0, 0.1) is 6.92 Å². The molecule has 0 aliphatic carbocycles. The Morgan fingerprint density at radius 2 is 1.80 bits per heavy atom. The average Bonchev–Trinajstić information content (AvgIpc) is 2.83. The van der Waals surface area contributed by atoms with Crippen LogP contribution in [-0.4, -0.2) is 18.9 Å². The second-order valence-corrected chi connectivity index (χ2v) is 6.06. The van der Waals surface area contributed by atoms with E-state index in [1.165, 1.54) is 12.1 Å². The molecule has 0 unspecified atom stereocenters. The fourth-order valence-corrected chi connectivity index (χ4v) is 2.49. The molecule has 0 fully saturated rings. The minimum Gasteiger partial charge on any atom is -0.347 e. The Morgan fingerprint density at radius 3 is 2.35 bits per heavy atom. The second-order valence-electron chi connectivity index (χ2n) is 4.38. The maximum atomic E-state index is 12.0. The molecule has 1 aromatic heterocycles. The van der Waals surface area contributed by atoms with Crippen LogP contribution in [0.1, 0.15) is 16.1 Å². The predicted octanol–water partition coefficient (Wildman–Crippen LogP) is 0.957. The van der Waals surface area contributed by atoms with Crippen molar-refractivity contribution in [2.24, 2.45) is 7.05 Å². The molecule has 0 atom stereocenters. The molecule has 0 radical (unpaired) electrons. The fourth-order valence-electron chi connectivity index (χ4n) is 1.65. The third-order valence-corrected chi connectivity index (χ3v) is 4.07. The van der Waals surface area contributed by atoms with Gasteiger partial charge in [-0.3, -0.25) is 10.2 Å². The van der Waals surface area contributed by atoms with Crippen molar-refractivity contribution in [1.29, 1.82) is 0 Å². The van der Waals surface area contributed by atoms with E-state index in [1.807, 2.05) is 6.92 Å². The molecule has 0 aliphatic rings. The van der Waals surface area contributed by atoms with Crippen molar-refractivity contribution in [2.45, 2.75) is 11.8 Å². The lowest BCUT2D eigenvalue weighted by molar-refractivity contribution is 0.0937. The number of aryl methyl sites for hydroxylation is 2. The number of hydrogen-bond acceptors (Lipinski definition) is 3. The van der Waals surface area contributed by atoms with Gasteiger partial charge in [0.15, 0.2) is 0 Å². The molecule has 0 spiro atoms. The Balaban J connectivity index is 2.08. The molecule has 0 aliphatic heterocycles. The molecule has 0 saturated carbocycles. The minimum absolute atomic E-state index is 0.0929. The molecule has 0 bridgehead atoms. The van der Waals surface area contributed by atoms with Crippen LogP contribution in [0.25, 0.3) is 0 Å². The Bertz CT molecular complexity index is 718. The summed E-state index contributed by atoms with van der Waals surface area (Å²) in [6.07, 6.45) is 1.70. The van der Waals surface area contributed by atoms with Crippen LogP contribution in [0.3, 0.4) is 0 Å². The number of benzene rings is 1. The van der Waals surface area contributed by atoms with E-state index in [0.717, 1.165) is 5.56 Å². The molecule has 2 aromatic rings. The van der Waals surface area contributed by atoms with E-state index in [1.54, 1.807) is 42.1 Å². The lowest BCUT2D eigenvalue weighted by Gasteiger charge is -2.09. The normalized spacial score (nSPS) is 11.3. The van der Waals surface area contributed by atoms with Crippen molar-refractivity contribution in [1.82, 2.24) is 14.8 Å². The van der Waals surface area contributed by atoms with Gasteiger partial charge in [-0.15, -0.1) is 4.83 Å². The third kappa shape index (κ3) is 3.06. The molecule has 1 aromatic carbocycles. The van der Waals surface area contributed by atoms with Gasteiger partial charge in [0.2, 0.25) is 0 Å². The van der Waals surface area contributed by atoms with Gasteiger partial charge >= 0.3 is 0 Å². The summed E-state index contributed by atoms with van der Waals surface area (Å²) in [4.78, 5) is 14.0. The van der Waals surface area contributed by atoms with E-state index in [2.05, 4.69) is 10.3 Å². The first-order valence-electron chi connectivity index (χ1n) is 5.90. The molecule has 6 nitrogen and oxygen atoms in total. The number of rotatable bonds is 4. The first-order chi connectivity index (χ1) is 9.40. The van der Waals surface area contributed by atoms with Gasteiger partial charge < -0.3 is 4.57 Å². The number of carbonyl (C=O) groups excluding carboxylic acids is 1. The molecule has 0 saturated heterocycles. The molecule has 1 amide bonds. The molecular weight excluding hydrogens is 278 g/mol. The summed E-state index contributed by atoms with van der Waals surface area (Å²) < 4.78 is 25.5. The summed E-state index contributed by atoms with van der Waals surface area (Å²) in [6, 6.07) is 9.62. The highest BCUT2D eigenvalue weighted by molar-refractivity contribution is 7.89. The number of hydrogen-bond donors (Lipinski definition) is 2. The van der Waals surface area contributed by atoms with E-state index in [9.17, 15) is 13.2 Å². The summed E-state index contributed by atoms with van der Waals surface area (Å²) in [6.45, 7) is 1.86. The number of amides is 1. The van der Waals surface area contributed by atoms with Gasteiger partial charge in [-0.25, -0.2) is 8.42 Å². The molecule has 7 heteroatoms. The zero-order valence-electron chi connectivity index (χ0n) is 11.1. The van der Waals surface area contributed by atoms with Crippen molar-refractivity contribution in [2.75, 3.05) is 0 Å². The third-order valence-electron chi connectivity index (χ3n) is 2.81. The van der Waals surface area contributed by atoms with Gasteiger partial charge in [0, 0.05) is 13.2 Å². The molecular formula is C13H15N3O3S. The van der Waals surface area contributed by atoms with E-state index in [-0.39, 0.29) is 4.90 Å². The predicted molar refractivity (Wildman–Crippen MR) is 74.4 cm³/mol. The average molecular weight is 293 g/mol. The van der Waals surface area contributed by atoms with E-state index in [4.69, 9.17) is 0 Å². The summed E-state index contributed by atoms with van der Waals surface area (Å²) in [5.74, 6) is -0.520. The van der Waals surface area contributed by atoms with E-state index >= 15 is 0 Å². The minimum atomic E-state index is -3.77. The maximum Gasteiger partial charge on any atom is 0.282 e. The number of aromatic nitrogens is 1. The van der Waals surface area contributed by atoms with Crippen molar-refractivity contribution in [3.63, 3.8) is 0 Å². The SMILES string of the molecule is Cc1ccc(S(=O)(=O)NNC(=O)c2cccn2C)cc1. The second kappa shape index (κ2) is 5.48. The van der Waals surface area contributed by atoms with E-state index < -0.39 is 15.9 Å². The maximum absolute atomic E-state index is 12.0. The van der Waals surface area contributed by atoms with Crippen molar-refractivity contribution >= 4 is 15.9 Å². The zero-order valence-corrected chi connectivity index (χ0v) is 11.9. The topological polar surface area (TPSA) is 80.2 Å². The Morgan fingerprint density at radius 1 is 1.15 bits per heavy atom. The molecule has 20 heavy (non-hydrogen) atoms. The molecule has 2 rings (SSSR count). The quantitative estimate of drug-likeness (QED) is 0.824. The Hall–Kier alpha value is -2.12. The number of sulfonamides is 1. The summed E-state index contributed by atoms with van der Waals surface area (Å²) >= 11 is 0. The highest BCUT2D eigenvalue weighted by Crippen LogP contribution is 2.09. The van der Waals surface area contributed by atoms with Gasteiger partial charge in [0.1, 0.15) is 5.69 Å². The number of nitrogens with zero attached hydrogens (tertiary/aromatic N) is 1. The lowest BCUT2D eigenvalue weighted by atomic mass is 10.2. The Kier molecular flexibility index (Phi) is 3.91.